The number of hydrogen-bond acceptors (Lipinski definition) is 5. The minimum atomic E-state index is 0.155. The fraction of sp³-hybridized carbons (Fsp3) is 0.467. The Hall–Kier alpha value is -3.12. The van der Waals surface area contributed by atoms with Crippen molar-refractivity contribution in [2.24, 2.45) is 23.2 Å². The Balaban J connectivity index is 1.04. The number of pyridine rings is 1. The van der Waals surface area contributed by atoms with Crippen molar-refractivity contribution >= 4 is 28.3 Å². The fourth-order valence-corrected chi connectivity index (χ4v) is 7.57. The molecule has 0 spiro atoms. The number of nitrogens with zero attached hydrogens (tertiary/aromatic N) is 1. The van der Waals surface area contributed by atoms with Gasteiger partial charge in [-0.2, -0.15) is 0 Å². The van der Waals surface area contributed by atoms with Gasteiger partial charge in [0.05, 0.1) is 11.2 Å². The molecule has 7 rings (SSSR count). The van der Waals surface area contributed by atoms with Gasteiger partial charge < -0.3 is 21.1 Å². The fourth-order valence-electron chi connectivity index (χ4n) is 7.57. The Morgan fingerprint density at radius 1 is 0.917 bits per heavy atom. The van der Waals surface area contributed by atoms with Gasteiger partial charge in [0, 0.05) is 37.0 Å². The van der Waals surface area contributed by atoms with Gasteiger partial charge in [0.2, 0.25) is 5.91 Å². The summed E-state index contributed by atoms with van der Waals surface area (Å²) in [6, 6.07) is 17.3. The van der Waals surface area contributed by atoms with Crippen LogP contribution in [-0.4, -0.2) is 29.1 Å². The Morgan fingerprint density at radius 3 is 2.42 bits per heavy atom. The molecule has 1 heterocycles. The molecular formula is C30H36N4O2. The van der Waals surface area contributed by atoms with Crippen LogP contribution in [0.15, 0.2) is 54.6 Å². The average molecular weight is 485 g/mol. The third-order valence-corrected chi connectivity index (χ3v) is 8.62. The molecule has 3 aromatic rings. The second kappa shape index (κ2) is 9.74. The summed E-state index contributed by atoms with van der Waals surface area (Å²) in [6.07, 6.45) is 8.62. The number of rotatable bonds is 9. The Labute approximate surface area is 212 Å². The third kappa shape index (κ3) is 4.92. The summed E-state index contributed by atoms with van der Waals surface area (Å²) in [5.74, 6) is 3.85. The zero-order valence-corrected chi connectivity index (χ0v) is 20.8. The molecule has 4 saturated carbocycles. The number of aromatic nitrogens is 1. The number of carbonyl (C=O) groups excluding carboxylic acids is 1. The number of benzene rings is 2. The summed E-state index contributed by atoms with van der Waals surface area (Å²) < 4.78 is 0. The van der Waals surface area contributed by atoms with E-state index in [-0.39, 0.29) is 11.3 Å². The smallest absolute Gasteiger partial charge is 0.224 e. The zero-order valence-electron chi connectivity index (χ0n) is 20.8. The summed E-state index contributed by atoms with van der Waals surface area (Å²) in [5.41, 5.74) is 2.85. The number of phenols is 1. The second-order valence-corrected chi connectivity index (χ2v) is 11.4. The standard InChI is InChI=1S/C30H36N4O2/c35-27-7-2-1-4-23(27)19-31-10-11-32-28-9-8-24-25(33-28)5-3-6-26(24)34-29(36)18-30-15-20-12-21(16-30)14-22(13-20)17-30/h1-9,20-22,31,35H,10-19H2,(H,32,33)(H,34,36). The van der Waals surface area contributed by atoms with E-state index >= 15 is 0 Å². The Kier molecular flexibility index (Phi) is 6.30. The van der Waals surface area contributed by atoms with Crippen molar-refractivity contribution in [2.75, 3.05) is 23.7 Å². The van der Waals surface area contributed by atoms with E-state index in [1.807, 2.05) is 48.5 Å². The van der Waals surface area contributed by atoms with Crippen molar-refractivity contribution in [3.05, 3.63) is 60.2 Å². The molecule has 6 heteroatoms. The largest absolute Gasteiger partial charge is 0.508 e. The van der Waals surface area contributed by atoms with Gasteiger partial charge in [-0.3, -0.25) is 4.79 Å². The zero-order chi connectivity index (χ0) is 24.5. The van der Waals surface area contributed by atoms with E-state index in [9.17, 15) is 9.90 Å². The quantitative estimate of drug-likeness (QED) is 0.293. The maximum Gasteiger partial charge on any atom is 0.224 e. The van der Waals surface area contributed by atoms with Crippen molar-refractivity contribution < 1.29 is 9.90 Å². The van der Waals surface area contributed by atoms with Crippen molar-refractivity contribution in [2.45, 2.75) is 51.5 Å². The number of anilines is 2. The first kappa shape index (κ1) is 23.3. The van der Waals surface area contributed by atoms with Gasteiger partial charge in [-0.1, -0.05) is 24.3 Å². The summed E-state index contributed by atoms with van der Waals surface area (Å²) in [5, 5.41) is 20.8. The van der Waals surface area contributed by atoms with Crippen molar-refractivity contribution in [1.29, 1.82) is 0 Å². The van der Waals surface area contributed by atoms with Crippen LogP contribution in [0.5, 0.6) is 5.75 Å². The van der Waals surface area contributed by atoms with E-state index in [1.54, 1.807) is 6.07 Å². The number of amides is 1. The lowest BCUT2D eigenvalue weighted by Crippen LogP contribution is -2.47. The normalized spacial score (nSPS) is 26.3. The van der Waals surface area contributed by atoms with Crippen LogP contribution in [0, 0.1) is 23.2 Å². The maximum atomic E-state index is 13.2. The van der Waals surface area contributed by atoms with Crippen LogP contribution >= 0.6 is 0 Å². The van der Waals surface area contributed by atoms with Gasteiger partial charge in [-0.25, -0.2) is 4.98 Å². The van der Waals surface area contributed by atoms with Gasteiger partial charge in [-0.05, 0) is 92.0 Å². The number of aromatic hydroxyl groups is 1. The van der Waals surface area contributed by atoms with E-state index in [0.29, 0.717) is 25.3 Å². The first-order valence-corrected chi connectivity index (χ1v) is 13.5. The molecule has 4 aliphatic carbocycles. The highest BCUT2D eigenvalue weighted by Crippen LogP contribution is 2.61. The molecule has 6 nitrogen and oxygen atoms in total. The van der Waals surface area contributed by atoms with Crippen LogP contribution in [0.25, 0.3) is 10.9 Å². The summed E-state index contributed by atoms with van der Waals surface area (Å²) >= 11 is 0. The van der Waals surface area contributed by atoms with Gasteiger partial charge in [0.1, 0.15) is 11.6 Å². The number of phenolic OH excluding ortho intramolecular Hbond substituents is 1. The molecule has 0 unspecified atom stereocenters. The van der Waals surface area contributed by atoms with Crippen LogP contribution in [0.3, 0.4) is 0 Å². The highest BCUT2D eigenvalue weighted by atomic mass is 16.3. The topological polar surface area (TPSA) is 86.3 Å². The van der Waals surface area contributed by atoms with Crippen LogP contribution in [0.1, 0.15) is 50.5 Å². The molecule has 1 amide bonds. The maximum absolute atomic E-state index is 13.2. The van der Waals surface area contributed by atoms with Crippen molar-refractivity contribution in [3.8, 4) is 5.75 Å². The first-order valence-electron chi connectivity index (χ1n) is 13.5. The molecule has 0 radical (unpaired) electrons. The third-order valence-electron chi connectivity index (χ3n) is 8.62. The van der Waals surface area contributed by atoms with Crippen LogP contribution in [0.4, 0.5) is 11.5 Å². The predicted molar refractivity (Wildman–Crippen MR) is 144 cm³/mol. The molecule has 2 aromatic carbocycles. The Morgan fingerprint density at radius 2 is 1.67 bits per heavy atom. The molecule has 0 aliphatic heterocycles. The van der Waals surface area contributed by atoms with Crippen LogP contribution < -0.4 is 16.0 Å². The van der Waals surface area contributed by atoms with E-state index in [4.69, 9.17) is 4.98 Å². The SMILES string of the molecule is O=C(CC12CC3CC(CC(C3)C1)C2)Nc1cccc2nc(NCCNCc3ccccc3O)ccc12. The molecule has 4 aliphatic rings. The van der Waals surface area contributed by atoms with E-state index in [1.165, 1.54) is 38.5 Å². The molecule has 0 atom stereocenters. The van der Waals surface area contributed by atoms with Gasteiger partial charge in [0.25, 0.3) is 0 Å². The van der Waals surface area contributed by atoms with Gasteiger partial charge in [0.15, 0.2) is 0 Å². The van der Waals surface area contributed by atoms with E-state index < -0.39 is 0 Å². The highest BCUT2D eigenvalue weighted by Gasteiger charge is 2.51. The highest BCUT2D eigenvalue weighted by molar-refractivity contribution is 6.01. The van der Waals surface area contributed by atoms with Crippen molar-refractivity contribution in [3.63, 3.8) is 0 Å². The molecule has 0 saturated heterocycles. The number of carbonyl (C=O) groups is 1. The second-order valence-electron chi connectivity index (χ2n) is 11.4. The van der Waals surface area contributed by atoms with Gasteiger partial charge >= 0.3 is 0 Å². The summed E-state index contributed by atoms with van der Waals surface area (Å²) in [6.45, 7) is 2.08. The molecule has 4 fully saturated rings. The molecule has 188 valence electrons. The minimum Gasteiger partial charge on any atom is -0.508 e. The lowest BCUT2D eigenvalue weighted by molar-refractivity contribution is -0.124. The molecule has 36 heavy (non-hydrogen) atoms. The molecular weight excluding hydrogens is 448 g/mol. The average Bonchev–Trinajstić information content (AvgIpc) is 2.84. The lowest BCUT2D eigenvalue weighted by atomic mass is 9.49. The summed E-state index contributed by atoms with van der Waals surface area (Å²) in [4.78, 5) is 17.9. The Bertz CT molecular complexity index is 1220. The predicted octanol–water partition coefficient (Wildman–Crippen LogP) is 5.69. The first-order chi connectivity index (χ1) is 17.6. The van der Waals surface area contributed by atoms with Crippen LogP contribution in [0.2, 0.25) is 0 Å². The molecule has 4 bridgehead atoms. The van der Waals surface area contributed by atoms with Crippen molar-refractivity contribution in [1.82, 2.24) is 10.3 Å². The lowest BCUT2D eigenvalue weighted by Gasteiger charge is -2.56. The summed E-state index contributed by atoms with van der Waals surface area (Å²) in [7, 11) is 0. The van der Waals surface area contributed by atoms with Crippen LogP contribution in [-0.2, 0) is 11.3 Å². The number of para-hydroxylation sites is 1. The number of fused-ring (bicyclic) bond motifs is 1. The number of hydrogen-bond donors (Lipinski definition) is 4. The monoisotopic (exact) mass is 484 g/mol. The van der Waals surface area contributed by atoms with E-state index in [0.717, 1.165) is 52.3 Å². The van der Waals surface area contributed by atoms with E-state index in [2.05, 4.69) is 16.0 Å². The number of nitrogens with one attached hydrogen (secondary N) is 3. The molecule has 4 N–H and O–H groups in total. The van der Waals surface area contributed by atoms with Gasteiger partial charge in [-0.15, -0.1) is 0 Å². The minimum absolute atomic E-state index is 0.155. The molecule has 1 aromatic heterocycles.